The molecule has 94 valence electrons. The molecular formula is C15H13N3O. The Hall–Kier alpha value is -2.54. The molecule has 4 nitrogen and oxygen atoms in total. The van der Waals surface area contributed by atoms with Crippen molar-refractivity contribution in [1.29, 1.82) is 5.26 Å². The van der Waals surface area contributed by atoms with Crippen LogP contribution in [0.25, 0.3) is 0 Å². The van der Waals surface area contributed by atoms with Gasteiger partial charge >= 0.3 is 0 Å². The van der Waals surface area contributed by atoms with Gasteiger partial charge in [0.05, 0.1) is 24.0 Å². The molecular weight excluding hydrogens is 238 g/mol. The molecule has 4 heteroatoms. The van der Waals surface area contributed by atoms with Crippen molar-refractivity contribution in [2.45, 2.75) is 6.54 Å². The summed E-state index contributed by atoms with van der Waals surface area (Å²) in [5.74, 6) is 0.924. The highest BCUT2D eigenvalue weighted by molar-refractivity contribution is 5.58. The molecule has 0 N–H and O–H groups in total. The maximum atomic E-state index is 9.18. The van der Waals surface area contributed by atoms with E-state index in [9.17, 15) is 5.26 Å². The van der Waals surface area contributed by atoms with Crippen molar-refractivity contribution in [3.63, 3.8) is 0 Å². The smallest absolute Gasteiger partial charge is 0.124 e. The molecule has 2 heterocycles. The van der Waals surface area contributed by atoms with E-state index >= 15 is 0 Å². The molecule has 1 aliphatic heterocycles. The minimum Gasteiger partial charge on any atom is -0.491 e. The number of pyridine rings is 1. The molecule has 0 amide bonds. The van der Waals surface area contributed by atoms with Gasteiger partial charge in [-0.25, -0.2) is 0 Å². The Morgan fingerprint density at radius 2 is 2.16 bits per heavy atom. The molecule has 0 atom stereocenters. The summed E-state index contributed by atoms with van der Waals surface area (Å²) >= 11 is 0. The van der Waals surface area contributed by atoms with E-state index in [1.54, 1.807) is 18.5 Å². The molecule has 19 heavy (non-hydrogen) atoms. The van der Waals surface area contributed by atoms with Gasteiger partial charge < -0.3 is 9.64 Å². The number of fused-ring (bicyclic) bond motifs is 1. The van der Waals surface area contributed by atoms with Crippen LogP contribution in [0.2, 0.25) is 0 Å². The first-order valence-electron chi connectivity index (χ1n) is 6.18. The first-order chi connectivity index (χ1) is 9.38. The van der Waals surface area contributed by atoms with Crippen LogP contribution in [0.15, 0.2) is 42.7 Å². The fourth-order valence-electron chi connectivity index (χ4n) is 2.26. The summed E-state index contributed by atoms with van der Waals surface area (Å²) in [7, 11) is 0. The second kappa shape index (κ2) is 4.99. The van der Waals surface area contributed by atoms with Crippen LogP contribution in [0.5, 0.6) is 5.75 Å². The van der Waals surface area contributed by atoms with E-state index in [0.29, 0.717) is 12.2 Å². The summed E-state index contributed by atoms with van der Waals surface area (Å²) in [6.07, 6.45) is 3.39. The highest BCUT2D eigenvalue weighted by Gasteiger charge is 2.17. The summed E-state index contributed by atoms with van der Waals surface area (Å²) in [5.41, 5.74) is 2.65. The van der Waals surface area contributed by atoms with Crippen molar-refractivity contribution in [1.82, 2.24) is 4.98 Å². The SMILES string of the molecule is N#Cc1ccncc1N1CCOc2ccccc2C1. The molecule has 0 aliphatic carbocycles. The van der Waals surface area contributed by atoms with Crippen LogP contribution in [-0.2, 0) is 6.54 Å². The summed E-state index contributed by atoms with van der Waals surface area (Å²) in [6.45, 7) is 2.09. The monoisotopic (exact) mass is 251 g/mol. The van der Waals surface area contributed by atoms with E-state index in [-0.39, 0.29) is 0 Å². The quantitative estimate of drug-likeness (QED) is 0.780. The van der Waals surface area contributed by atoms with Crippen LogP contribution in [-0.4, -0.2) is 18.1 Å². The summed E-state index contributed by atoms with van der Waals surface area (Å²) in [6, 6.07) is 12.0. The Bertz CT molecular complexity index is 633. The first-order valence-corrected chi connectivity index (χ1v) is 6.18. The topological polar surface area (TPSA) is 49.2 Å². The van der Waals surface area contributed by atoms with E-state index in [2.05, 4.69) is 22.0 Å². The van der Waals surface area contributed by atoms with Gasteiger partial charge in [0.25, 0.3) is 0 Å². The number of benzene rings is 1. The van der Waals surface area contributed by atoms with Crippen LogP contribution in [0.4, 0.5) is 5.69 Å². The normalized spacial score (nSPS) is 13.9. The highest BCUT2D eigenvalue weighted by atomic mass is 16.5. The molecule has 0 saturated heterocycles. The Morgan fingerprint density at radius 3 is 3.05 bits per heavy atom. The lowest BCUT2D eigenvalue weighted by molar-refractivity contribution is 0.331. The number of nitriles is 1. The number of aromatic nitrogens is 1. The van der Waals surface area contributed by atoms with Crippen LogP contribution >= 0.6 is 0 Å². The number of hydrogen-bond donors (Lipinski definition) is 0. The Morgan fingerprint density at radius 1 is 1.26 bits per heavy atom. The van der Waals surface area contributed by atoms with Crippen LogP contribution in [0, 0.1) is 11.3 Å². The van der Waals surface area contributed by atoms with Gasteiger partial charge in [0.2, 0.25) is 0 Å². The zero-order valence-corrected chi connectivity index (χ0v) is 10.4. The van der Waals surface area contributed by atoms with E-state index in [1.165, 1.54) is 0 Å². The largest absolute Gasteiger partial charge is 0.491 e. The predicted molar refractivity (Wildman–Crippen MR) is 71.9 cm³/mol. The zero-order valence-electron chi connectivity index (χ0n) is 10.4. The molecule has 0 fully saturated rings. The standard InChI is InChI=1S/C15H13N3O/c16-9-12-5-6-17-10-14(12)18-7-8-19-15-4-2-1-3-13(15)11-18/h1-6,10H,7-8,11H2. The lowest BCUT2D eigenvalue weighted by Gasteiger charge is -2.22. The van der Waals surface area contributed by atoms with E-state index in [0.717, 1.165) is 30.1 Å². The minimum absolute atomic E-state index is 0.608. The van der Waals surface area contributed by atoms with Crippen LogP contribution < -0.4 is 9.64 Å². The molecule has 0 saturated carbocycles. The molecule has 1 aromatic heterocycles. The molecule has 0 bridgehead atoms. The maximum absolute atomic E-state index is 9.18. The van der Waals surface area contributed by atoms with Gasteiger partial charge in [0.15, 0.2) is 0 Å². The van der Waals surface area contributed by atoms with E-state index < -0.39 is 0 Å². The average molecular weight is 251 g/mol. The van der Waals surface area contributed by atoms with Gasteiger partial charge in [-0.05, 0) is 12.1 Å². The van der Waals surface area contributed by atoms with Crippen molar-refractivity contribution in [2.24, 2.45) is 0 Å². The van der Waals surface area contributed by atoms with Crippen molar-refractivity contribution in [2.75, 3.05) is 18.1 Å². The Balaban J connectivity index is 1.97. The second-order valence-electron chi connectivity index (χ2n) is 4.38. The Labute approximate surface area is 111 Å². The van der Waals surface area contributed by atoms with Crippen molar-refractivity contribution < 1.29 is 4.74 Å². The minimum atomic E-state index is 0.608. The third-order valence-corrected chi connectivity index (χ3v) is 3.21. The van der Waals surface area contributed by atoms with Gasteiger partial charge in [-0.2, -0.15) is 5.26 Å². The molecule has 2 aromatic rings. The van der Waals surface area contributed by atoms with Crippen LogP contribution in [0.3, 0.4) is 0 Å². The molecule has 0 spiro atoms. The number of nitrogens with zero attached hydrogens (tertiary/aromatic N) is 3. The second-order valence-corrected chi connectivity index (χ2v) is 4.38. The van der Waals surface area contributed by atoms with E-state index in [4.69, 9.17) is 4.74 Å². The fraction of sp³-hybridized carbons (Fsp3) is 0.200. The zero-order chi connectivity index (χ0) is 13.1. The highest BCUT2D eigenvalue weighted by Crippen LogP contribution is 2.27. The molecule has 1 aromatic carbocycles. The molecule has 1 aliphatic rings. The molecule has 0 unspecified atom stereocenters. The van der Waals surface area contributed by atoms with Crippen molar-refractivity contribution in [3.05, 3.63) is 53.9 Å². The van der Waals surface area contributed by atoms with Gasteiger partial charge in [0.1, 0.15) is 18.4 Å². The maximum Gasteiger partial charge on any atom is 0.124 e. The third-order valence-electron chi connectivity index (χ3n) is 3.21. The summed E-state index contributed by atoms with van der Waals surface area (Å²) in [4.78, 5) is 6.26. The number of rotatable bonds is 1. The summed E-state index contributed by atoms with van der Waals surface area (Å²) in [5, 5.41) is 9.18. The van der Waals surface area contributed by atoms with Crippen molar-refractivity contribution >= 4 is 5.69 Å². The van der Waals surface area contributed by atoms with Crippen molar-refractivity contribution in [3.8, 4) is 11.8 Å². The van der Waals surface area contributed by atoms with Gasteiger partial charge in [-0.1, -0.05) is 18.2 Å². The number of anilines is 1. The molecule has 0 radical (unpaired) electrons. The lowest BCUT2D eigenvalue weighted by atomic mass is 10.1. The number of hydrogen-bond acceptors (Lipinski definition) is 4. The summed E-state index contributed by atoms with van der Waals surface area (Å²) < 4.78 is 5.73. The fourth-order valence-corrected chi connectivity index (χ4v) is 2.26. The lowest BCUT2D eigenvalue weighted by Crippen LogP contribution is -2.26. The molecule has 3 rings (SSSR count). The number of para-hydroxylation sites is 1. The average Bonchev–Trinajstić information content (AvgIpc) is 2.69. The van der Waals surface area contributed by atoms with Gasteiger partial charge in [-0.15, -0.1) is 0 Å². The third kappa shape index (κ3) is 2.23. The predicted octanol–water partition coefficient (Wildman–Crippen LogP) is 2.35. The Kier molecular flexibility index (Phi) is 3.03. The first kappa shape index (κ1) is 11.5. The van der Waals surface area contributed by atoms with Crippen LogP contribution in [0.1, 0.15) is 11.1 Å². The number of ether oxygens (including phenoxy) is 1. The van der Waals surface area contributed by atoms with E-state index in [1.807, 2.05) is 18.2 Å². The van der Waals surface area contributed by atoms with Gasteiger partial charge in [0, 0.05) is 18.3 Å². The van der Waals surface area contributed by atoms with Gasteiger partial charge in [-0.3, -0.25) is 4.98 Å².